The molecule has 8 nitrogen and oxygen atoms in total. The number of aromatic carboxylic acids is 1. The smallest absolute Gasteiger partial charge is 0.341 e. The molecule has 2 heterocycles. The van der Waals surface area contributed by atoms with Crippen LogP contribution >= 0.6 is 11.3 Å². The van der Waals surface area contributed by atoms with Crippen LogP contribution in [0.5, 0.6) is 5.75 Å². The number of aromatic nitrogens is 1. The van der Waals surface area contributed by atoms with Crippen molar-refractivity contribution in [1.82, 2.24) is 4.57 Å². The van der Waals surface area contributed by atoms with Gasteiger partial charge >= 0.3 is 5.97 Å². The summed E-state index contributed by atoms with van der Waals surface area (Å²) in [6, 6.07) is 7.48. The van der Waals surface area contributed by atoms with Crippen LogP contribution in [0, 0.1) is 10.1 Å². The third kappa shape index (κ3) is 2.40. The number of hydrogen-bond donors (Lipinski definition) is 2. The number of para-hydroxylation sites is 1. The summed E-state index contributed by atoms with van der Waals surface area (Å²) >= 11 is 1.07. The van der Waals surface area contributed by atoms with Crippen molar-refractivity contribution in [2.24, 2.45) is 0 Å². The summed E-state index contributed by atoms with van der Waals surface area (Å²) in [4.78, 5) is 34.2. The number of benzene rings is 1. The number of pyridine rings is 1. The molecular weight excluding hydrogens is 336 g/mol. The Kier molecular flexibility index (Phi) is 3.78. The van der Waals surface area contributed by atoms with Gasteiger partial charge in [-0.25, -0.2) is 4.79 Å². The number of nitrogens with zero attached hydrogens (tertiary/aromatic N) is 2. The van der Waals surface area contributed by atoms with Crippen LogP contribution in [0.2, 0.25) is 0 Å². The van der Waals surface area contributed by atoms with E-state index in [9.17, 15) is 29.9 Å². The lowest BCUT2D eigenvalue weighted by Crippen LogP contribution is -2.23. The molecule has 0 fully saturated rings. The van der Waals surface area contributed by atoms with Crippen molar-refractivity contribution in [2.75, 3.05) is 0 Å². The predicted molar refractivity (Wildman–Crippen MR) is 86.9 cm³/mol. The number of fused-ring (bicyclic) bond motifs is 1. The first kappa shape index (κ1) is 15.7. The average molecular weight is 346 g/mol. The average Bonchev–Trinajstić information content (AvgIpc) is 3.00. The van der Waals surface area contributed by atoms with Gasteiger partial charge < -0.3 is 10.2 Å². The fourth-order valence-electron chi connectivity index (χ4n) is 2.50. The van der Waals surface area contributed by atoms with E-state index in [1.54, 1.807) is 17.5 Å². The fraction of sp³-hybridized carbons (Fsp3) is 0.0667. The third-order valence-electron chi connectivity index (χ3n) is 3.58. The number of nitro benzene ring substituents is 1. The highest BCUT2D eigenvalue weighted by Gasteiger charge is 2.23. The summed E-state index contributed by atoms with van der Waals surface area (Å²) in [7, 11) is 0. The number of carboxylic acids is 1. The van der Waals surface area contributed by atoms with Crippen molar-refractivity contribution in [3.8, 4) is 5.75 Å². The molecule has 0 amide bonds. The largest absolute Gasteiger partial charge is 0.502 e. The zero-order valence-electron chi connectivity index (χ0n) is 12.0. The van der Waals surface area contributed by atoms with Crippen molar-refractivity contribution in [1.29, 1.82) is 0 Å². The molecule has 0 aliphatic carbocycles. The Balaban J connectivity index is 2.26. The second-order valence-electron chi connectivity index (χ2n) is 4.94. The molecule has 1 aromatic carbocycles. The van der Waals surface area contributed by atoms with Gasteiger partial charge in [0.2, 0.25) is 0 Å². The first-order valence-electron chi connectivity index (χ1n) is 6.70. The molecule has 0 saturated carbocycles. The van der Waals surface area contributed by atoms with E-state index in [2.05, 4.69) is 0 Å². The summed E-state index contributed by atoms with van der Waals surface area (Å²) in [5.74, 6) is -2.29. The van der Waals surface area contributed by atoms with Gasteiger partial charge in [0.05, 0.1) is 21.7 Å². The third-order valence-corrected chi connectivity index (χ3v) is 4.50. The van der Waals surface area contributed by atoms with Crippen LogP contribution in [0.3, 0.4) is 0 Å². The van der Waals surface area contributed by atoms with E-state index in [0.717, 1.165) is 15.9 Å². The topological polar surface area (TPSA) is 123 Å². The minimum absolute atomic E-state index is 0.156. The number of carbonyl (C=O) groups is 1. The Bertz CT molecular complexity index is 1040. The Morgan fingerprint density at radius 3 is 2.67 bits per heavy atom. The lowest BCUT2D eigenvalue weighted by Gasteiger charge is -2.11. The van der Waals surface area contributed by atoms with E-state index >= 15 is 0 Å². The first-order valence-corrected chi connectivity index (χ1v) is 7.58. The molecule has 0 radical (unpaired) electrons. The van der Waals surface area contributed by atoms with Crippen molar-refractivity contribution in [3.05, 3.63) is 67.3 Å². The van der Waals surface area contributed by atoms with Crippen molar-refractivity contribution in [2.45, 2.75) is 6.54 Å². The number of hydrogen-bond acceptors (Lipinski definition) is 6. The highest BCUT2D eigenvalue weighted by atomic mass is 32.1. The van der Waals surface area contributed by atoms with Gasteiger partial charge in [0, 0.05) is 11.6 Å². The van der Waals surface area contributed by atoms with Crippen LogP contribution in [0.4, 0.5) is 5.69 Å². The quantitative estimate of drug-likeness (QED) is 0.552. The van der Waals surface area contributed by atoms with Crippen LogP contribution in [0.25, 0.3) is 10.2 Å². The minimum Gasteiger partial charge on any atom is -0.502 e. The van der Waals surface area contributed by atoms with E-state index in [4.69, 9.17) is 0 Å². The van der Waals surface area contributed by atoms with Crippen molar-refractivity contribution < 1.29 is 19.9 Å². The molecule has 2 N–H and O–H groups in total. The van der Waals surface area contributed by atoms with Gasteiger partial charge in [-0.05, 0) is 11.4 Å². The van der Waals surface area contributed by atoms with Gasteiger partial charge in [0.15, 0.2) is 5.75 Å². The predicted octanol–water partition coefficient (Wildman–Crippen LogP) is 2.42. The van der Waals surface area contributed by atoms with Crippen LogP contribution in [-0.2, 0) is 6.54 Å². The number of rotatable bonds is 4. The Morgan fingerprint density at radius 1 is 1.29 bits per heavy atom. The van der Waals surface area contributed by atoms with Crippen molar-refractivity contribution >= 4 is 33.2 Å². The van der Waals surface area contributed by atoms with Gasteiger partial charge in [0.25, 0.3) is 11.2 Å². The second kappa shape index (κ2) is 5.78. The molecule has 2 aromatic heterocycles. The lowest BCUT2D eigenvalue weighted by molar-refractivity contribution is -0.385. The standard InChI is InChI=1S/C15H10N2O6S/c18-12-11(15(20)21)13-10(5-6-24-13)16(14(12)19)7-8-3-1-2-4-9(8)17(22)23/h1-6,18H,7H2,(H,20,21). The Hall–Kier alpha value is -3.20. The van der Waals surface area contributed by atoms with E-state index in [1.807, 2.05) is 0 Å². The molecule has 0 saturated heterocycles. The summed E-state index contributed by atoms with van der Waals surface area (Å²) < 4.78 is 1.37. The molecule has 0 spiro atoms. The van der Waals surface area contributed by atoms with Crippen LogP contribution in [-0.4, -0.2) is 25.7 Å². The molecule has 3 rings (SSSR count). The zero-order valence-corrected chi connectivity index (χ0v) is 12.8. The highest BCUT2D eigenvalue weighted by molar-refractivity contribution is 7.17. The number of aromatic hydroxyl groups is 1. The molecule has 9 heteroatoms. The maximum Gasteiger partial charge on any atom is 0.341 e. The fourth-order valence-corrected chi connectivity index (χ4v) is 3.44. The van der Waals surface area contributed by atoms with E-state index < -0.39 is 27.8 Å². The first-order chi connectivity index (χ1) is 11.4. The van der Waals surface area contributed by atoms with Crippen molar-refractivity contribution in [3.63, 3.8) is 0 Å². The SMILES string of the molecule is O=C(O)c1c(O)c(=O)n(Cc2ccccc2[N+](=O)[O-])c2ccsc12. The maximum absolute atomic E-state index is 12.4. The monoisotopic (exact) mass is 346 g/mol. The summed E-state index contributed by atoms with van der Waals surface area (Å²) in [6.45, 7) is -0.156. The van der Waals surface area contributed by atoms with Gasteiger partial charge in [-0.15, -0.1) is 11.3 Å². The summed E-state index contributed by atoms with van der Waals surface area (Å²) in [5.41, 5.74) is -0.937. The number of nitro groups is 1. The van der Waals surface area contributed by atoms with Gasteiger partial charge in [-0.3, -0.25) is 19.5 Å². The Morgan fingerprint density at radius 2 is 2.00 bits per heavy atom. The van der Waals surface area contributed by atoms with Gasteiger partial charge in [-0.1, -0.05) is 18.2 Å². The minimum atomic E-state index is -1.41. The molecule has 122 valence electrons. The molecule has 0 atom stereocenters. The van der Waals surface area contributed by atoms with E-state index in [1.165, 1.54) is 18.2 Å². The summed E-state index contributed by atoms with van der Waals surface area (Å²) in [6.07, 6.45) is 0. The zero-order chi connectivity index (χ0) is 17.4. The molecular formula is C15H10N2O6S. The van der Waals surface area contributed by atoms with E-state index in [-0.39, 0.29) is 22.5 Å². The number of carboxylic acid groups (broad SMARTS) is 1. The molecule has 3 aromatic rings. The Labute approximate surface area is 138 Å². The molecule has 0 aliphatic heterocycles. The van der Waals surface area contributed by atoms with Gasteiger partial charge in [-0.2, -0.15) is 0 Å². The maximum atomic E-state index is 12.4. The highest BCUT2D eigenvalue weighted by Crippen LogP contribution is 2.30. The number of thiophene rings is 1. The lowest BCUT2D eigenvalue weighted by atomic mass is 10.1. The molecule has 0 aliphatic rings. The molecule has 24 heavy (non-hydrogen) atoms. The second-order valence-corrected chi connectivity index (χ2v) is 5.86. The van der Waals surface area contributed by atoms with Crippen LogP contribution in [0.1, 0.15) is 15.9 Å². The van der Waals surface area contributed by atoms with Crippen LogP contribution < -0.4 is 5.56 Å². The molecule has 0 bridgehead atoms. The van der Waals surface area contributed by atoms with Crippen LogP contribution in [0.15, 0.2) is 40.5 Å². The normalized spacial score (nSPS) is 10.8. The summed E-state index contributed by atoms with van der Waals surface area (Å²) in [5, 5.41) is 31.9. The van der Waals surface area contributed by atoms with E-state index in [0.29, 0.717) is 5.52 Å². The molecule has 0 unspecified atom stereocenters. The van der Waals surface area contributed by atoms with Gasteiger partial charge in [0.1, 0.15) is 5.56 Å².